The van der Waals surface area contributed by atoms with Gasteiger partial charge in [0, 0.05) is 18.5 Å². The average Bonchev–Trinajstić information content (AvgIpc) is 3.19. The Morgan fingerprint density at radius 2 is 2.07 bits per heavy atom. The van der Waals surface area contributed by atoms with E-state index in [-0.39, 0.29) is 11.7 Å². The largest absolute Gasteiger partial charge is 0.497 e. The van der Waals surface area contributed by atoms with Crippen molar-refractivity contribution in [2.24, 2.45) is 0 Å². The van der Waals surface area contributed by atoms with E-state index in [1.54, 1.807) is 19.1 Å². The highest BCUT2D eigenvalue weighted by atomic mass is 32.2. The molecule has 0 atom stereocenters. The fourth-order valence-electron chi connectivity index (χ4n) is 4.24. The second-order valence-corrected chi connectivity index (χ2v) is 8.77. The molecule has 156 valence electrons. The zero-order valence-corrected chi connectivity index (χ0v) is 18.3. The SMILES string of the molecule is COc1ccc2c(C)cc3nnc(SCC(=O)N(C)C4(C#N)CCCCC4)n3c2c1. The van der Waals surface area contributed by atoms with Gasteiger partial charge in [-0.1, -0.05) is 31.0 Å². The van der Waals surface area contributed by atoms with Gasteiger partial charge in [0.2, 0.25) is 5.91 Å². The van der Waals surface area contributed by atoms with Crippen molar-refractivity contribution in [2.45, 2.75) is 49.7 Å². The van der Waals surface area contributed by atoms with E-state index in [2.05, 4.69) is 16.3 Å². The number of carbonyl (C=O) groups excluding carboxylic acids is 1. The van der Waals surface area contributed by atoms with Crippen molar-refractivity contribution in [2.75, 3.05) is 19.9 Å². The number of methoxy groups -OCH3 is 1. The van der Waals surface area contributed by atoms with Crippen molar-refractivity contribution < 1.29 is 9.53 Å². The molecule has 2 aromatic heterocycles. The molecule has 1 aliphatic rings. The number of aryl methyl sites for hydroxylation is 1. The summed E-state index contributed by atoms with van der Waals surface area (Å²) in [6.45, 7) is 2.04. The lowest BCUT2D eigenvalue weighted by Crippen LogP contribution is -2.50. The lowest BCUT2D eigenvalue weighted by molar-refractivity contribution is -0.131. The molecule has 1 fully saturated rings. The monoisotopic (exact) mass is 423 g/mol. The molecule has 0 saturated heterocycles. The van der Waals surface area contributed by atoms with Crippen LogP contribution in [-0.4, -0.2) is 50.9 Å². The van der Waals surface area contributed by atoms with E-state index in [1.165, 1.54) is 11.8 Å². The Balaban J connectivity index is 1.62. The van der Waals surface area contributed by atoms with Crippen LogP contribution in [0.2, 0.25) is 0 Å². The summed E-state index contributed by atoms with van der Waals surface area (Å²) < 4.78 is 7.36. The minimum absolute atomic E-state index is 0.0609. The van der Waals surface area contributed by atoms with E-state index in [1.807, 2.05) is 35.6 Å². The number of ether oxygens (including phenoxy) is 1. The number of rotatable bonds is 5. The van der Waals surface area contributed by atoms with Crippen molar-refractivity contribution >= 4 is 34.2 Å². The van der Waals surface area contributed by atoms with Gasteiger partial charge in [0.1, 0.15) is 11.3 Å². The van der Waals surface area contributed by atoms with E-state index < -0.39 is 5.54 Å². The molecule has 0 N–H and O–H groups in total. The van der Waals surface area contributed by atoms with E-state index >= 15 is 0 Å². The van der Waals surface area contributed by atoms with Gasteiger partial charge in [0.15, 0.2) is 10.8 Å². The number of carbonyl (C=O) groups is 1. The lowest BCUT2D eigenvalue weighted by Gasteiger charge is -2.39. The van der Waals surface area contributed by atoms with Crippen LogP contribution in [0, 0.1) is 18.3 Å². The molecule has 1 aromatic carbocycles. The van der Waals surface area contributed by atoms with Crippen molar-refractivity contribution in [1.82, 2.24) is 19.5 Å². The van der Waals surface area contributed by atoms with Crippen molar-refractivity contribution in [1.29, 1.82) is 5.26 Å². The molecule has 30 heavy (non-hydrogen) atoms. The molecular formula is C22H25N5O2S. The molecule has 8 heteroatoms. The predicted molar refractivity (Wildman–Crippen MR) is 117 cm³/mol. The highest BCUT2D eigenvalue weighted by Gasteiger charge is 2.38. The summed E-state index contributed by atoms with van der Waals surface area (Å²) in [4.78, 5) is 14.6. The summed E-state index contributed by atoms with van der Waals surface area (Å²) >= 11 is 1.35. The van der Waals surface area contributed by atoms with Gasteiger partial charge >= 0.3 is 0 Å². The number of benzene rings is 1. The van der Waals surface area contributed by atoms with Crippen LogP contribution in [0.4, 0.5) is 0 Å². The molecule has 7 nitrogen and oxygen atoms in total. The first-order valence-corrected chi connectivity index (χ1v) is 11.1. The number of nitrogens with zero attached hydrogens (tertiary/aromatic N) is 5. The van der Waals surface area contributed by atoms with E-state index in [4.69, 9.17) is 4.74 Å². The van der Waals surface area contributed by atoms with Gasteiger partial charge in [-0.25, -0.2) is 0 Å². The Morgan fingerprint density at radius 3 is 2.77 bits per heavy atom. The Labute approximate surface area is 180 Å². The Kier molecular flexibility index (Phi) is 5.56. The third kappa shape index (κ3) is 3.47. The summed E-state index contributed by atoms with van der Waals surface area (Å²) in [5.41, 5.74) is 2.10. The molecule has 0 unspecified atom stereocenters. The maximum atomic E-state index is 12.9. The van der Waals surface area contributed by atoms with Gasteiger partial charge in [-0.05, 0) is 43.5 Å². The fourth-order valence-corrected chi connectivity index (χ4v) is 5.11. The molecule has 1 aliphatic carbocycles. The first-order chi connectivity index (χ1) is 14.5. The van der Waals surface area contributed by atoms with Crippen LogP contribution >= 0.6 is 11.8 Å². The third-order valence-electron chi connectivity index (χ3n) is 6.10. The number of amides is 1. The van der Waals surface area contributed by atoms with E-state index in [0.29, 0.717) is 5.16 Å². The number of fused-ring (bicyclic) bond motifs is 3. The quantitative estimate of drug-likeness (QED) is 0.577. The molecule has 3 aromatic rings. The number of hydrogen-bond donors (Lipinski definition) is 0. The van der Waals surface area contributed by atoms with Gasteiger partial charge in [-0.2, -0.15) is 5.26 Å². The Hall–Kier alpha value is -2.79. The van der Waals surface area contributed by atoms with Crippen LogP contribution in [0.15, 0.2) is 29.4 Å². The normalized spacial score (nSPS) is 15.8. The van der Waals surface area contributed by atoms with Gasteiger partial charge in [0.25, 0.3) is 0 Å². The smallest absolute Gasteiger partial charge is 0.234 e. The Bertz CT molecular complexity index is 1140. The van der Waals surface area contributed by atoms with Crippen LogP contribution in [0.25, 0.3) is 16.6 Å². The number of pyridine rings is 1. The zero-order valence-electron chi connectivity index (χ0n) is 17.5. The summed E-state index contributed by atoms with van der Waals surface area (Å²) in [5.74, 6) is 0.900. The van der Waals surface area contributed by atoms with Gasteiger partial charge < -0.3 is 9.64 Å². The summed E-state index contributed by atoms with van der Waals surface area (Å²) in [6, 6.07) is 10.3. The molecule has 0 spiro atoms. The molecular weight excluding hydrogens is 398 g/mol. The summed E-state index contributed by atoms with van der Waals surface area (Å²) in [7, 11) is 3.39. The second-order valence-electron chi connectivity index (χ2n) is 7.83. The number of hydrogen-bond acceptors (Lipinski definition) is 6. The standard InChI is InChI=1S/C22H25N5O2S/c1-15-11-19-24-25-21(27(19)18-12-16(29-3)7-8-17(15)18)30-13-20(28)26(2)22(14-23)9-5-4-6-10-22/h7-8,11-12H,4-6,9-10,13H2,1-3H3. The highest BCUT2D eigenvalue weighted by molar-refractivity contribution is 7.99. The molecule has 1 amide bonds. The first-order valence-electron chi connectivity index (χ1n) is 10.1. The number of aromatic nitrogens is 3. The van der Waals surface area contributed by atoms with Gasteiger partial charge in [-0.3, -0.25) is 9.20 Å². The van der Waals surface area contributed by atoms with E-state index in [0.717, 1.165) is 60.0 Å². The topological polar surface area (TPSA) is 83.5 Å². The number of thioether (sulfide) groups is 1. The van der Waals surface area contributed by atoms with Gasteiger partial charge in [0.05, 0.1) is 24.4 Å². The zero-order chi connectivity index (χ0) is 21.3. The highest BCUT2D eigenvalue weighted by Crippen LogP contribution is 2.33. The summed E-state index contributed by atoms with van der Waals surface area (Å²) in [5, 5.41) is 20.1. The maximum absolute atomic E-state index is 12.9. The minimum atomic E-state index is -0.681. The lowest BCUT2D eigenvalue weighted by atomic mass is 9.81. The van der Waals surface area contributed by atoms with E-state index in [9.17, 15) is 10.1 Å². The van der Waals surface area contributed by atoms with Crippen molar-refractivity contribution in [3.05, 3.63) is 29.8 Å². The first kappa shape index (κ1) is 20.5. The second kappa shape index (κ2) is 8.15. The average molecular weight is 424 g/mol. The minimum Gasteiger partial charge on any atom is -0.497 e. The van der Waals surface area contributed by atoms with Gasteiger partial charge in [-0.15, -0.1) is 10.2 Å². The van der Waals surface area contributed by atoms with Crippen LogP contribution < -0.4 is 4.74 Å². The molecule has 0 aliphatic heterocycles. The van der Waals surface area contributed by atoms with Crippen LogP contribution in [-0.2, 0) is 4.79 Å². The van der Waals surface area contributed by atoms with Crippen molar-refractivity contribution in [3.63, 3.8) is 0 Å². The number of nitriles is 1. The predicted octanol–water partition coefficient (Wildman–Crippen LogP) is 3.98. The molecule has 4 rings (SSSR count). The fraction of sp³-hybridized carbons (Fsp3) is 0.455. The van der Waals surface area contributed by atoms with Crippen LogP contribution in [0.3, 0.4) is 0 Å². The molecule has 0 radical (unpaired) electrons. The molecule has 2 heterocycles. The molecule has 1 saturated carbocycles. The Morgan fingerprint density at radius 1 is 1.30 bits per heavy atom. The van der Waals surface area contributed by atoms with Crippen LogP contribution in [0.1, 0.15) is 37.7 Å². The third-order valence-corrected chi connectivity index (χ3v) is 7.02. The molecule has 0 bridgehead atoms. The van der Waals surface area contributed by atoms with Crippen molar-refractivity contribution in [3.8, 4) is 11.8 Å². The van der Waals surface area contributed by atoms with Crippen LogP contribution in [0.5, 0.6) is 5.75 Å². The summed E-state index contributed by atoms with van der Waals surface area (Å²) in [6.07, 6.45) is 4.59. The maximum Gasteiger partial charge on any atom is 0.234 e.